The summed E-state index contributed by atoms with van der Waals surface area (Å²) in [5.41, 5.74) is 13.7. The van der Waals surface area contributed by atoms with E-state index in [2.05, 4.69) is 152 Å². The van der Waals surface area contributed by atoms with Crippen molar-refractivity contribution >= 4 is 87.2 Å². The van der Waals surface area contributed by atoms with Gasteiger partial charge in [-0.25, -0.2) is 0 Å². The van der Waals surface area contributed by atoms with E-state index in [-0.39, 0.29) is 0 Å². The van der Waals surface area contributed by atoms with Crippen molar-refractivity contribution < 1.29 is 0 Å². The third kappa shape index (κ3) is 5.52. The van der Waals surface area contributed by atoms with Crippen LogP contribution in [-0.2, 0) is 0 Å². The first-order valence-electron chi connectivity index (χ1n) is 23.6. The first kappa shape index (κ1) is 40.4. The van der Waals surface area contributed by atoms with Gasteiger partial charge in [0.1, 0.15) is 24.3 Å². The Labute approximate surface area is 411 Å². The van der Waals surface area contributed by atoms with E-state index in [4.69, 9.17) is 0 Å². The minimum atomic E-state index is 0.380. The SMILES string of the molecule is N#Cc1cc(C#N)c(-n2c3ccccc3c3c(-c4cccc5c4c4ccccc4n5-c4cc(-n5c6ccccc6c6ccccc65)c(C#N)cc4C#N)cccc32)cc1-n1c2ccccc2c2ccccc21. The molecule has 8 nitrogen and oxygen atoms in total. The van der Waals surface area contributed by atoms with E-state index in [0.717, 1.165) is 98.4 Å². The van der Waals surface area contributed by atoms with E-state index < -0.39 is 0 Å². The van der Waals surface area contributed by atoms with Crippen LogP contribution in [0, 0.1) is 45.3 Å². The second-order valence-electron chi connectivity index (χ2n) is 18.1. The summed E-state index contributed by atoms with van der Waals surface area (Å²) in [6, 6.07) is 79.4. The van der Waals surface area contributed by atoms with Crippen LogP contribution in [0.3, 0.4) is 0 Å². The molecule has 0 unspecified atom stereocenters. The molecule has 0 spiro atoms. The third-order valence-corrected chi connectivity index (χ3v) is 14.5. The minimum Gasteiger partial charge on any atom is -0.308 e. The molecule has 0 fully saturated rings. The molecule has 0 aliphatic carbocycles. The lowest BCUT2D eigenvalue weighted by Gasteiger charge is -2.16. The average molecular weight is 915 g/mol. The molecule has 4 heterocycles. The van der Waals surface area contributed by atoms with Gasteiger partial charge in [0.25, 0.3) is 0 Å². The molecule has 4 aromatic heterocycles. The molecule has 0 saturated heterocycles. The van der Waals surface area contributed by atoms with Crippen LogP contribution in [-0.4, -0.2) is 18.3 Å². The van der Waals surface area contributed by atoms with E-state index >= 15 is 0 Å². The molecule has 10 aromatic carbocycles. The van der Waals surface area contributed by atoms with Gasteiger partial charge >= 0.3 is 0 Å². The number of hydrogen-bond acceptors (Lipinski definition) is 4. The lowest BCUT2D eigenvalue weighted by atomic mass is 9.95. The maximum absolute atomic E-state index is 10.9. The van der Waals surface area contributed by atoms with Gasteiger partial charge in [0.2, 0.25) is 0 Å². The first-order valence-corrected chi connectivity index (χ1v) is 23.6. The molecule has 0 atom stereocenters. The van der Waals surface area contributed by atoms with Crippen LogP contribution in [0.1, 0.15) is 22.3 Å². The predicted molar refractivity (Wildman–Crippen MR) is 288 cm³/mol. The summed E-state index contributed by atoms with van der Waals surface area (Å²) >= 11 is 0. The fourth-order valence-corrected chi connectivity index (χ4v) is 11.6. The summed E-state index contributed by atoms with van der Waals surface area (Å²) in [5, 5.41) is 51.6. The van der Waals surface area contributed by atoms with Crippen LogP contribution in [0.5, 0.6) is 0 Å². The molecular weight excluding hydrogens is 881 g/mol. The number of fused-ring (bicyclic) bond motifs is 12. The maximum atomic E-state index is 10.9. The van der Waals surface area contributed by atoms with Crippen LogP contribution >= 0.6 is 0 Å². The zero-order valence-corrected chi connectivity index (χ0v) is 38.2. The molecule has 0 amide bonds. The van der Waals surface area contributed by atoms with Crippen molar-refractivity contribution in [2.24, 2.45) is 0 Å². The Morgan fingerprint density at radius 2 is 0.472 bits per heavy atom. The lowest BCUT2D eigenvalue weighted by molar-refractivity contribution is 1.12. The second-order valence-corrected chi connectivity index (χ2v) is 18.1. The number of nitrogens with zero attached hydrogens (tertiary/aromatic N) is 8. The monoisotopic (exact) mass is 914 g/mol. The zero-order chi connectivity index (χ0) is 48.2. The normalized spacial score (nSPS) is 11.6. The Morgan fingerprint density at radius 1 is 0.236 bits per heavy atom. The van der Waals surface area contributed by atoms with Gasteiger partial charge < -0.3 is 18.3 Å². The van der Waals surface area contributed by atoms with Crippen molar-refractivity contribution in [3.63, 3.8) is 0 Å². The molecule has 0 aliphatic heterocycles. The topological polar surface area (TPSA) is 115 Å². The zero-order valence-electron chi connectivity index (χ0n) is 38.2. The van der Waals surface area contributed by atoms with E-state index in [1.54, 1.807) is 12.1 Å². The van der Waals surface area contributed by atoms with Gasteiger partial charge in [-0.1, -0.05) is 133 Å². The third-order valence-electron chi connectivity index (χ3n) is 14.5. The Hall–Kier alpha value is -10.6. The highest BCUT2D eigenvalue weighted by atomic mass is 15.0. The Kier molecular flexibility index (Phi) is 8.67. The van der Waals surface area contributed by atoms with E-state index in [1.807, 2.05) is 84.9 Å². The summed E-state index contributed by atoms with van der Waals surface area (Å²) in [6.45, 7) is 0. The predicted octanol–water partition coefficient (Wildman–Crippen LogP) is 15.2. The number of rotatable bonds is 5. The van der Waals surface area contributed by atoms with Crippen molar-refractivity contribution in [1.82, 2.24) is 18.3 Å². The van der Waals surface area contributed by atoms with Crippen molar-refractivity contribution in [3.8, 4) is 58.2 Å². The summed E-state index contributed by atoms with van der Waals surface area (Å²) in [7, 11) is 0. The number of nitriles is 4. The Bertz CT molecular complexity index is 4460. The Morgan fingerprint density at radius 3 is 0.764 bits per heavy atom. The van der Waals surface area contributed by atoms with Gasteiger partial charge in [-0.3, -0.25) is 0 Å². The maximum Gasteiger partial charge on any atom is 0.101 e. The van der Waals surface area contributed by atoms with Crippen LogP contribution in [0.15, 0.2) is 206 Å². The number of aromatic nitrogens is 4. The van der Waals surface area contributed by atoms with Crippen molar-refractivity contribution in [1.29, 1.82) is 21.0 Å². The van der Waals surface area contributed by atoms with Gasteiger partial charge in [0.05, 0.1) is 89.1 Å². The smallest absolute Gasteiger partial charge is 0.101 e. The van der Waals surface area contributed by atoms with Crippen LogP contribution in [0.25, 0.3) is 121 Å². The fourth-order valence-electron chi connectivity index (χ4n) is 11.6. The molecule has 14 aromatic rings. The van der Waals surface area contributed by atoms with Crippen LogP contribution in [0.2, 0.25) is 0 Å². The first-order chi connectivity index (χ1) is 35.6. The molecule has 0 N–H and O–H groups in total. The molecule has 0 aliphatic rings. The largest absolute Gasteiger partial charge is 0.308 e. The molecule has 8 heteroatoms. The average Bonchev–Trinajstić information content (AvgIpc) is 4.17. The summed E-state index contributed by atoms with van der Waals surface area (Å²) in [5.74, 6) is 0. The highest BCUT2D eigenvalue weighted by Gasteiger charge is 2.26. The van der Waals surface area contributed by atoms with Crippen LogP contribution in [0.4, 0.5) is 0 Å². The van der Waals surface area contributed by atoms with Crippen molar-refractivity contribution in [2.75, 3.05) is 0 Å². The number of benzene rings is 10. The highest BCUT2D eigenvalue weighted by Crippen LogP contribution is 2.46. The van der Waals surface area contributed by atoms with Gasteiger partial charge in [0.15, 0.2) is 0 Å². The van der Waals surface area contributed by atoms with E-state index in [0.29, 0.717) is 45.0 Å². The van der Waals surface area contributed by atoms with Gasteiger partial charge in [-0.05, 0) is 83.9 Å². The minimum absolute atomic E-state index is 0.380. The quantitative estimate of drug-likeness (QED) is 0.171. The van der Waals surface area contributed by atoms with Crippen molar-refractivity contribution in [3.05, 3.63) is 229 Å². The van der Waals surface area contributed by atoms with Crippen LogP contribution < -0.4 is 0 Å². The van der Waals surface area contributed by atoms with E-state index in [9.17, 15) is 21.0 Å². The Balaban J connectivity index is 1.04. The van der Waals surface area contributed by atoms with Gasteiger partial charge in [-0.2, -0.15) is 21.0 Å². The molecule has 72 heavy (non-hydrogen) atoms. The number of para-hydroxylation sites is 6. The van der Waals surface area contributed by atoms with Crippen molar-refractivity contribution in [2.45, 2.75) is 0 Å². The molecular formula is C64H34N8. The fraction of sp³-hybridized carbons (Fsp3) is 0. The highest BCUT2D eigenvalue weighted by molar-refractivity contribution is 6.22. The van der Waals surface area contributed by atoms with Gasteiger partial charge in [0, 0.05) is 43.1 Å². The van der Waals surface area contributed by atoms with Gasteiger partial charge in [-0.15, -0.1) is 0 Å². The standard InChI is InChI=1S/C64H34N8/c65-35-39-31-41(37-67)61(33-59(39)69-51-23-7-1-15-43(51)44-16-2-8-24-52(44)69)71-55-27-11-5-19-49(55)63-47(21-13-29-57(63)71)48-22-14-30-58-64(48)50-20-6-12-28-56(50)72(58)62-34-60(40(36-66)32-42(62)38-68)70-53-25-9-3-17-45(53)46-18-4-10-26-54(46)70/h1-34H. The summed E-state index contributed by atoms with van der Waals surface area (Å²) in [6.07, 6.45) is 0. The van der Waals surface area contributed by atoms with E-state index in [1.165, 1.54) is 0 Å². The lowest BCUT2D eigenvalue weighted by Crippen LogP contribution is -2.04. The molecule has 0 radical (unpaired) electrons. The molecule has 330 valence electrons. The molecule has 0 bridgehead atoms. The summed E-state index contributed by atoms with van der Waals surface area (Å²) in [4.78, 5) is 0. The second kappa shape index (κ2) is 15.4. The number of hydrogen-bond donors (Lipinski definition) is 0. The molecule has 0 saturated carbocycles. The summed E-state index contributed by atoms with van der Waals surface area (Å²) < 4.78 is 8.61. The molecule has 14 rings (SSSR count).